The van der Waals surface area contributed by atoms with Crippen LogP contribution < -0.4 is 0 Å². The maximum Gasteiger partial charge on any atom is 0.0735 e. The van der Waals surface area contributed by atoms with E-state index in [0.717, 1.165) is 35.0 Å². The van der Waals surface area contributed by atoms with Crippen molar-refractivity contribution in [2.24, 2.45) is 0 Å². The average Bonchev–Trinajstić information content (AvgIpc) is 2.63. The maximum absolute atomic E-state index is 6.79. The normalized spacial score (nSPS) is 20.5. The summed E-state index contributed by atoms with van der Waals surface area (Å²) in [6.07, 6.45) is 4.82. The minimum absolute atomic E-state index is 0.187. The summed E-state index contributed by atoms with van der Waals surface area (Å²) in [7, 11) is 4.14. The van der Waals surface area contributed by atoms with E-state index in [-0.39, 0.29) is 6.10 Å². The van der Waals surface area contributed by atoms with Crippen molar-refractivity contribution in [3.63, 3.8) is 0 Å². The lowest BCUT2D eigenvalue weighted by Gasteiger charge is -2.33. The van der Waals surface area contributed by atoms with Crippen molar-refractivity contribution in [3.05, 3.63) is 69.2 Å². The van der Waals surface area contributed by atoms with E-state index in [1.54, 1.807) is 0 Å². The molecule has 1 aliphatic carbocycles. The minimum Gasteiger partial charge on any atom is -0.373 e. The first-order valence-electron chi connectivity index (χ1n) is 9.33. The molecule has 26 heavy (non-hydrogen) atoms. The molecule has 1 saturated carbocycles. The predicted octanol–water partition coefficient (Wildman–Crippen LogP) is 6.30. The Morgan fingerprint density at radius 3 is 2.46 bits per heavy atom. The molecule has 1 aliphatic rings. The van der Waals surface area contributed by atoms with Gasteiger partial charge in [-0.15, -0.1) is 0 Å². The third-order valence-corrected chi connectivity index (χ3v) is 5.94. The van der Waals surface area contributed by atoms with Gasteiger partial charge < -0.3 is 9.64 Å². The molecule has 0 bridgehead atoms. The van der Waals surface area contributed by atoms with Crippen molar-refractivity contribution in [2.75, 3.05) is 14.1 Å². The van der Waals surface area contributed by atoms with Crippen molar-refractivity contribution < 1.29 is 4.74 Å². The van der Waals surface area contributed by atoms with Crippen molar-refractivity contribution in [1.82, 2.24) is 4.90 Å². The van der Waals surface area contributed by atoms with Crippen molar-refractivity contribution in [3.8, 4) is 0 Å². The van der Waals surface area contributed by atoms with Gasteiger partial charge in [0.25, 0.3) is 0 Å². The summed E-state index contributed by atoms with van der Waals surface area (Å²) >= 11 is 13.1. The Kier molecular flexibility index (Phi) is 6.99. The van der Waals surface area contributed by atoms with Crippen LogP contribution >= 0.6 is 23.2 Å². The fourth-order valence-electron chi connectivity index (χ4n) is 3.81. The van der Waals surface area contributed by atoms with Crippen LogP contribution in [0.2, 0.25) is 10.0 Å². The van der Waals surface area contributed by atoms with E-state index in [9.17, 15) is 0 Å². The molecule has 1 fully saturated rings. The second-order valence-corrected chi connectivity index (χ2v) is 8.18. The largest absolute Gasteiger partial charge is 0.373 e. The monoisotopic (exact) mass is 391 g/mol. The number of ether oxygens (including phenoxy) is 1. The van der Waals surface area contributed by atoms with Gasteiger partial charge in [0.1, 0.15) is 0 Å². The molecule has 0 aliphatic heterocycles. The highest BCUT2D eigenvalue weighted by atomic mass is 35.5. The summed E-state index contributed by atoms with van der Waals surface area (Å²) in [6, 6.07) is 14.3. The molecule has 0 aromatic heterocycles. The smallest absolute Gasteiger partial charge is 0.0735 e. The summed E-state index contributed by atoms with van der Waals surface area (Å²) in [4.78, 5) is 2.15. The van der Waals surface area contributed by atoms with Crippen LogP contribution in [0.4, 0.5) is 0 Å². The first-order valence-corrected chi connectivity index (χ1v) is 10.1. The van der Waals surface area contributed by atoms with Crippen LogP contribution in [0.25, 0.3) is 0 Å². The average molecular weight is 392 g/mol. The predicted molar refractivity (Wildman–Crippen MR) is 110 cm³/mol. The first-order chi connectivity index (χ1) is 12.6. The van der Waals surface area contributed by atoms with Gasteiger partial charge >= 0.3 is 0 Å². The van der Waals surface area contributed by atoms with Gasteiger partial charge in [0.2, 0.25) is 0 Å². The number of halogens is 2. The number of hydrogen-bond acceptors (Lipinski definition) is 2. The van der Waals surface area contributed by atoms with Gasteiger partial charge in [-0.25, -0.2) is 0 Å². The zero-order valence-corrected chi connectivity index (χ0v) is 17.1. The second-order valence-electron chi connectivity index (χ2n) is 7.39. The van der Waals surface area contributed by atoms with E-state index >= 15 is 0 Å². The van der Waals surface area contributed by atoms with E-state index in [2.05, 4.69) is 37.2 Å². The molecule has 2 aromatic carbocycles. The molecule has 0 N–H and O–H groups in total. The molecule has 0 heterocycles. The molecule has 0 amide bonds. The van der Waals surface area contributed by atoms with E-state index in [4.69, 9.17) is 27.9 Å². The van der Waals surface area contributed by atoms with Crippen LogP contribution in [-0.2, 0) is 17.9 Å². The molecule has 0 spiro atoms. The molecule has 2 nitrogen and oxygen atoms in total. The Balaban J connectivity index is 1.78. The Labute approximate surface area is 167 Å². The Morgan fingerprint density at radius 1 is 0.962 bits per heavy atom. The van der Waals surface area contributed by atoms with Gasteiger partial charge in [0, 0.05) is 22.5 Å². The van der Waals surface area contributed by atoms with E-state index in [1.165, 1.54) is 24.0 Å². The Morgan fingerprint density at radius 2 is 1.69 bits per heavy atom. The van der Waals surface area contributed by atoms with E-state index < -0.39 is 0 Å². The van der Waals surface area contributed by atoms with Crippen molar-refractivity contribution in [1.29, 1.82) is 0 Å². The highest BCUT2D eigenvalue weighted by molar-refractivity contribution is 6.32. The zero-order valence-electron chi connectivity index (χ0n) is 15.6. The van der Waals surface area contributed by atoms with Gasteiger partial charge in [-0.3, -0.25) is 0 Å². The lowest BCUT2D eigenvalue weighted by atomic mass is 9.81. The molecule has 2 aromatic rings. The van der Waals surface area contributed by atoms with Crippen molar-refractivity contribution >= 4 is 23.2 Å². The summed E-state index contributed by atoms with van der Waals surface area (Å²) in [5.74, 6) is 0.348. The number of rotatable bonds is 6. The SMILES string of the molecule is CN(C)Cc1cccc(C2CCCCC2OCc2ccccc2Cl)c1Cl. The molecular weight excluding hydrogens is 365 g/mol. The van der Waals surface area contributed by atoms with Crippen LogP contribution in [0.15, 0.2) is 42.5 Å². The van der Waals surface area contributed by atoms with Gasteiger partial charge in [0.15, 0.2) is 0 Å². The standard InChI is InChI=1S/C22H27Cl2NO/c1-25(2)14-16-9-7-11-19(22(16)24)18-10-4-6-13-21(18)26-15-17-8-3-5-12-20(17)23/h3,5,7-9,11-12,18,21H,4,6,10,13-15H2,1-2H3. The van der Waals surface area contributed by atoms with Crippen LogP contribution in [0.5, 0.6) is 0 Å². The minimum atomic E-state index is 0.187. The van der Waals surface area contributed by atoms with Gasteiger partial charge in [-0.2, -0.15) is 0 Å². The fraction of sp³-hybridized carbons (Fsp3) is 0.455. The molecule has 2 unspecified atom stereocenters. The fourth-order valence-corrected chi connectivity index (χ4v) is 4.33. The lowest BCUT2D eigenvalue weighted by Crippen LogP contribution is -2.26. The van der Waals surface area contributed by atoms with Crippen molar-refractivity contribution in [2.45, 2.75) is 50.9 Å². The summed E-state index contributed by atoms with van der Waals surface area (Å²) < 4.78 is 6.34. The van der Waals surface area contributed by atoms with Crippen LogP contribution in [0.1, 0.15) is 48.3 Å². The van der Waals surface area contributed by atoms with Gasteiger partial charge in [-0.05, 0) is 49.7 Å². The number of hydrogen-bond donors (Lipinski definition) is 0. The second kappa shape index (κ2) is 9.23. The quantitative estimate of drug-likeness (QED) is 0.572. The lowest BCUT2D eigenvalue weighted by molar-refractivity contribution is 0.00202. The topological polar surface area (TPSA) is 12.5 Å². The molecule has 0 radical (unpaired) electrons. The molecule has 140 valence electrons. The molecule has 4 heteroatoms. The number of benzene rings is 2. The van der Waals surface area contributed by atoms with Crippen LogP contribution in [-0.4, -0.2) is 25.1 Å². The molecule has 0 saturated heterocycles. The summed E-state index contributed by atoms with van der Waals surface area (Å²) in [5, 5.41) is 1.67. The molecule has 2 atom stereocenters. The third-order valence-electron chi connectivity index (χ3n) is 5.11. The van der Waals surface area contributed by atoms with Crippen LogP contribution in [0.3, 0.4) is 0 Å². The van der Waals surface area contributed by atoms with Gasteiger partial charge in [-0.1, -0.05) is 72.4 Å². The summed E-state index contributed by atoms with van der Waals surface area (Å²) in [5.41, 5.74) is 3.46. The summed E-state index contributed by atoms with van der Waals surface area (Å²) in [6.45, 7) is 1.40. The molecule has 3 rings (SSSR count). The van der Waals surface area contributed by atoms with E-state index in [1.807, 2.05) is 24.3 Å². The van der Waals surface area contributed by atoms with E-state index in [0.29, 0.717) is 12.5 Å². The molecular formula is C22H27Cl2NO. The highest BCUT2D eigenvalue weighted by Gasteiger charge is 2.29. The number of nitrogens with zero attached hydrogens (tertiary/aromatic N) is 1. The Hall–Kier alpha value is -1.06. The van der Waals surface area contributed by atoms with Gasteiger partial charge in [0.05, 0.1) is 12.7 Å². The Bertz CT molecular complexity index is 732. The first kappa shape index (κ1) is 19.7. The highest BCUT2D eigenvalue weighted by Crippen LogP contribution is 2.40. The maximum atomic E-state index is 6.79. The van der Waals surface area contributed by atoms with Crippen LogP contribution in [0, 0.1) is 0 Å². The third kappa shape index (κ3) is 4.80. The zero-order chi connectivity index (χ0) is 18.5.